The van der Waals surface area contributed by atoms with Crippen LogP contribution in [0.1, 0.15) is 24.0 Å². The summed E-state index contributed by atoms with van der Waals surface area (Å²) in [5, 5.41) is 0. The van der Waals surface area contributed by atoms with Crippen molar-refractivity contribution in [3.8, 4) is 18.1 Å². The third-order valence-corrected chi connectivity index (χ3v) is 2.54. The zero-order chi connectivity index (χ0) is 9.80. The zero-order valence-electron chi connectivity index (χ0n) is 8.25. The van der Waals surface area contributed by atoms with Gasteiger partial charge in [-0.3, -0.25) is 0 Å². The molecule has 0 aliphatic carbocycles. The molecule has 2 rings (SSSR count). The van der Waals surface area contributed by atoms with E-state index < -0.39 is 0 Å². The molecule has 1 aromatic rings. The molecule has 0 fully saturated rings. The highest BCUT2D eigenvalue weighted by atomic mass is 16.5. The average molecular weight is 186 g/mol. The van der Waals surface area contributed by atoms with Gasteiger partial charge >= 0.3 is 0 Å². The van der Waals surface area contributed by atoms with Gasteiger partial charge in [0.25, 0.3) is 0 Å². The molecule has 1 aliphatic heterocycles. The van der Waals surface area contributed by atoms with Gasteiger partial charge in [-0.05, 0) is 30.0 Å². The lowest BCUT2D eigenvalue weighted by Gasteiger charge is -2.02. The number of ether oxygens (including phenoxy) is 1. The van der Waals surface area contributed by atoms with Crippen molar-refractivity contribution >= 4 is 0 Å². The Morgan fingerprint density at radius 2 is 2.36 bits per heavy atom. The molecular weight excluding hydrogens is 172 g/mol. The highest BCUT2D eigenvalue weighted by molar-refractivity contribution is 5.39. The second-order valence-corrected chi connectivity index (χ2v) is 3.60. The summed E-state index contributed by atoms with van der Waals surface area (Å²) in [4.78, 5) is 0. The first kappa shape index (κ1) is 9.15. The van der Waals surface area contributed by atoms with Crippen LogP contribution in [-0.2, 0) is 12.8 Å². The first-order chi connectivity index (χ1) is 6.90. The van der Waals surface area contributed by atoms with Gasteiger partial charge in [0.15, 0.2) is 0 Å². The third-order valence-electron chi connectivity index (χ3n) is 2.54. The van der Waals surface area contributed by atoms with Crippen molar-refractivity contribution in [3.63, 3.8) is 0 Å². The van der Waals surface area contributed by atoms with Gasteiger partial charge in [-0.25, -0.2) is 0 Å². The van der Waals surface area contributed by atoms with E-state index in [2.05, 4.69) is 24.1 Å². The van der Waals surface area contributed by atoms with Crippen molar-refractivity contribution in [1.82, 2.24) is 0 Å². The van der Waals surface area contributed by atoms with Crippen molar-refractivity contribution in [1.29, 1.82) is 0 Å². The Morgan fingerprint density at radius 1 is 1.43 bits per heavy atom. The van der Waals surface area contributed by atoms with Gasteiger partial charge in [-0.1, -0.05) is 12.1 Å². The normalized spacial score (nSPS) is 13.1. The van der Waals surface area contributed by atoms with Crippen molar-refractivity contribution in [2.75, 3.05) is 6.61 Å². The Balaban J connectivity index is 2.02. The van der Waals surface area contributed by atoms with E-state index in [0.717, 1.165) is 38.0 Å². The second kappa shape index (κ2) is 4.19. The van der Waals surface area contributed by atoms with Crippen LogP contribution in [0.4, 0.5) is 0 Å². The lowest BCUT2D eigenvalue weighted by Crippen LogP contribution is -1.86. The van der Waals surface area contributed by atoms with Gasteiger partial charge < -0.3 is 4.74 Å². The number of hydrogen-bond acceptors (Lipinski definition) is 1. The van der Waals surface area contributed by atoms with E-state index in [1.54, 1.807) is 0 Å². The number of unbranched alkanes of at least 4 members (excludes halogenated alkanes) is 1. The van der Waals surface area contributed by atoms with Gasteiger partial charge in [-0.2, -0.15) is 0 Å². The maximum absolute atomic E-state index is 5.45. The van der Waals surface area contributed by atoms with Gasteiger partial charge in [0, 0.05) is 12.8 Å². The summed E-state index contributed by atoms with van der Waals surface area (Å²) in [6.07, 6.45) is 9.30. The highest BCUT2D eigenvalue weighted by Crippen LogP contribution is 2.26. The van der Waals surface area contributed by atoms with Gasteiger partial charge in [0.2, 0.25) is 0 Å². The largest absolute Gasteiger partial charge is 0.493 e. The molecule has 0 saturated heterocycles. The summed E-state index contributed by atoms with van der Waals surface area (Å²) in [6.45, 7) is 0.836. The molecule has 0 unspecified atom stereocenters. The van der Waals surface area contributed by atoms with Crippen LogP contribution in [0, 0.1) is 12.3 Å². The third kappa shape index (κ3) is 1.90. The first-order valence-corrected chi connectivity index (χ1v) is 5.08. The SMILES string of the molecule is C#CCCCc1ccc2c(c1)CCO2. The molecule has 0 saturated carbocycles. The maximum atomic E-state index is 5.45. The van der Waals surface area contributed by atoms with Crippen LogP contribution in [0.5, 0.6) is 5.75 Å². The Hall–Kier alpha value is -1.42. The molecule has 0 radical (unpaired) electrons. The molecular formula is C13H14O. The predicted octanol–water partition coefficient (Wildman–Crippen LogP) is 2.58. The van der Waals surface area contributed by atoms with Crippen LogP contribution < -0.4 is 4.74 Å². The summed E-state index contributed by atoms with van der Waals surface area (Å²) < 4.78 is 5.45. The lowest BCUT2D eigenvalue weighted by atomic mass is 10.0. The van der Waals surface area contributed by atoms with E-state index in [9.17, 15) is 0 Å². The first-order valence-electron chi connectivity index (χ1n) is 5.08. The van der Waals surface area contributed by atoms with E-state index in [1.807, 2.05) is 0 Å². The molecule has 1 heterocycles. The minimum Gasteiger partial charge on any atom is -0.493 e. The van der Waals surface area contributed by atoms with Crippen LogP contribution in [0.3, 0.4) is 0 Å². The second-order valence-electron chi connectivity index (χ2n) is 3.60. The number of aryl methyl sites for hydroxylation is 1. The summed E-state index contributed by atoms with van der Waals surface area (Å²) in [5.41, 5.74) is 2.73. The van der Waals surface area contributed by atoms with E-state index in [4.69, 9.17) is 11.2 Å². The quantitative estimate of drug-likeness (QED) is 0.520. The molecule has 0 amide bonds. The van der Waals surface area contributed by atoms with Crippen molar-refractivity contribution in [3.05, 3.63) is 29.3 Å². The number of benzene rings is 1. The topological polar surface area (TPSA) is 9.23 Å². The van der Waals surface area contributed by atoms with Crippen molar-refractivity contribution < 1.29 is 4.74 Å². The van der Waals surface area contributed by atoms with Gasteiger partial charge in [0.05, 0.1) is 6.61 Å². The van der Waals surface area contributed by atoms with Crippen LogP contribution in [0.15, 0.2) is 18.2 Å². The average Bonchev–Trinajstić information content (AvgIpc) is 2.65. The standard InChI is InChI=1S/C13H14O/c1-2-3-4-5-11-6-7-13-12(10-11)8-9-14-13/h1,6-7,10H,3-5,8-9H2. The summed E-state index contributed by atoms with van der Waals surface area (Å²) in [7, 11) is 0. The summed E-state index contributed by atoms with van der Waals surface area (Å²) >= 11 is 0. The van der Waals surface area contributed by atoms with E-state index in [0.29, 0.717) is 0 Å². The van der Waals surface area contributed by atoms with E-state index >= 15 is 0 Å². The van der Waals surface area contributed by atoms with E-state index in [-0.39, 0.29) is 0 Å². The molecule has 0 spiro atoms. The predicted molar refractivity (Wildman–Crippen MR) is 57.4 cm³/mol. The van der Waals surface area contributed by atoms with Crippen molar-refractivity contribution in [2.24, 2.45) is 0 Å². The molecule has 0 N–H and O–H groups in total. The maximum Gasteiger partial charge on any atom is 0.122 e. The smallest absolute Gasteiger partial charge is 0.122 e. The minimum absolute atomic E-state index is 0.836. The highest BCUT2D eigenvalue weighted by Gasteiger charge is 2.11. The van der Waals surface area contributed by atoms with Crippen molar-refractivity contribution in [2.45, 2.75) is 25.7 Å². The number of rotatable bonds is 3. The Kier molecular flexibility index (Phi) is 2.74. The van der Waals surface area contributed by atoms with E-state index in [1.165, 1.54) is 11.1 Å². The van der Waals surface area contributed by atoms with Crippen LogP contribution in [0.25, 0.3) is 0 Å². The minimum atomic E-state index is 0.836. The van der Waals surface area contributed by atoms with Gasteiger partial charge in [0.1, 0.15) is 5.75 Å². The fraction of sp³-hybridized carbons (Fsp3) is 0.385. The molecule has 1 aliphatic rings. The van der Waals surface area contributed by atoms with Crippen LogP contribution in [-0.4, -0.2) is 6.61 Å². The summed E-state index contributed by atoms with van der Waals surface area (Å²) in [5.74, 6) is 3.73. The number of fused-ring (bicyclic) bond motifs is 1. The lowest BCUT2D eigenvalue weighted by molar-refractivity contribution is 0.357. The molecule has 1 aromatic carbocycles. The Labute approximate surface area is 85.1 Å². The fourth-order valence-corrected chi connectivity index (χ4v) is 1.79. The van der Waals surface area contributed by atoms with Crippen LogP contribution in [0.2, 0.25) is 0 Å². The molecule has 14 heavy (non-hydrogen) atoms. The molecule has 1 heteroatoms. The van der Waals surface area contributed by atoms with Gasteiger partial charge in [-0.15, -0.1) is 12.3 Å². The molecule has 0 bridgehead atoms. The Bertz CT molecular complexity index is 360. The number of hydrogen-bond donors (Lipinski definition) is 0. The number of terminal acetylenes is 1. The van der Waals surface area contributed by atoms with Crippen LogP contribution >= 0.6 is 0 Å². The molecule has 0 atom stereocenters. The Morgan fingerprint density at radius 3 is 3.21 bits per heavy atom. The monoisotopic (exact) mass is 186 g/mol. The molecule has 0 aromatic heterocycles. The molecule has 72 valence electrons. The zero-order valence-corrected chi connectivity index (χ0v) is 8.25. The fourth-order valence-electron chi connectivity index (χ4n) is 1.79. The molecule has 1 nitrogen and oxygen atoms in total. The summed E-state index contributed by atoms with van der Waals surface area (Å²) in [6, 6.07) is 6.47.